The number of ether oxygens (including phenoxy) is 2. The summed E-state index contributed by atoms with van der Waals surface area (Å²) in [5.41, 5.74) is 1.63. The van der Waals surface area contributed by atoms with Gasteiger partial charge in [0.2, 0.25) is 0 Å². The van der Waals surface area contributed by atoms with Crippen LogP contribution in [0.3, 0.4) is 0 Å². The van der Waals surface area contributed by atoms with Crippen LogP contribution in [0, 0.1) is 0 Å². The topological polar surface area (TPSA) is 63.3 Å². The number of hydrogen-bond donors (Lipinski definition) is 2. The van der Waals surface area contributed by atoms with E-state index < -0.39 is 0 Å². The van der Waals surface area contributed by atoms with Crippen LogP contribution in [0.1, 0.15) is 10.5 Å². The lowest BCUT2D eigenvalue weighted by molar-refractivity contribution is 0.102. The molecule has 2 aromatic carbocycles. The smallest absolute Gasteiger partial charge is 0.273 e. The van der Waals surface area contributed by atoms with Gasteiger partial charge in [-0.15, -0.1) is 0 Å². The van der Waals surface area contributed by atoms with Gasteiger partial charge < -0.3 is 19.8 Å². The Hall–Kier alpha value is -2.18. The molecule has 7 heteroatoms. The maximum absolute atomic E-state index is 12.6. The maximum Gasteiger partial charge on any atom is 0.273 e. The summed E-state index contributed by atoms with van der Waals surface area (Å²) in [5.74, 6) is 0.815. The van der Waals surface area contributed by atoms with E-state index in [9.17, 15) is 4.79 Å². The molecule has 0 unspecified atom stereocenters. The zero-order chi connectivity index (χ0) is 17.3. The van der Waals surface area contributed by atoms with Crippen molar-refractivity contribution in [3.63, 3.8) is 0 Å². The number of aromatic amines is 1. The van der Waals surface area contributed by atoms with Crippen LogP contribution in [0.5, 0.6) is 11.5 Å². The molecule has 124 valence electrons. The second-order valence-electron chi connectivity index (χ2n) is 5.06. The predicted molar refractivity (Wildman–Crippen MR) is 98.5 cm³/mol. The van der Waals surface area contributed by atoms with Gasteiger partial charge >= 0.3 is 0 Å². The third-order valence-corrected chi connectivity index (χ3v) is 4.42. The van der Waals surface area contributed by atoms with Crippen molar-refractivity contribution in [1.82, 2.24) is 4.98 Å². The molecule has 0 aliphatic rings. The molecular formula is C17H14BrClN2O3. The Labute approximate surface area is 152 Å². The molecule has 0 saturated carbocycles. The fourth-order valence-electron chi connectivity index (χ4n) is 2.36. The summed E-state index contributed by atoms with van der Waals surface area (Å²) in [6.07, 6.45) is 0. The molecule has 0 fully saturated rings. The molecule has 0 bridgehead atoms. The number of rotatable bonds is 4. The van der Waals surface area contributed by atoms with Crippen LogP contribution in [-0.2, 0) is 0 Å². The summed E-state index contributed by atoms with van der Waals surface area (Å²) in [7, 11) is 3.10. The van der Waals surface area contributed by atoms with Crippen LogP contribution in [0.2, 0.25) is 5.02 Å². The summed E-state index contributed by atoms with van der Waals surface area (Å²) < 4.78 is 11.3. The molecule has 0 aliphatic carbocycles. The lowest BCUT2D eigenvalue weighted by Crippen LogP contribution is -2.13. The Morgan fingerprint density at radius 1 is 1.12 bits per heavy atom. The van der Waals surface area contributed by atoms with Crippen molar-refractivity contribution in [1.29, 1.82) is 0 Å². The van der Waals surface area contributed by atoms with Gasteiger partial charge in [-0.1, -0.05) is 27.5 Å². The van der Waals surface area contributed by atoms with E-state index in [0.717, 1.165) is 15.4 Å². The van der Waals surface area contributed by atoms with Crippen molar-refractivity contribution in [2.24, 2.45) is 0 Å². The number of halogens is 2. The SMILES string of the molecule is COc1cc(NC(=O)c2[nH]c3ccc(Br)cc3c2Cl)cc(OC)c1. The van der Waals surface area contributed by atoms with Crippen molar-refractivity contribution in [3.8, 4) is 11.5 Å². The Morgan fingerprint density at radius 2 is 1.79 bits per heavy atom. The molecule has 24 heavy (non-hydrogen) atoms. The molecule has 2 N–H and O–H groups in total. The molecule has 1 aromatic heterocycles. The van der Waals surface area contributed by atoms with Crippen LogP contribution >= 0.6 is 27.5 Å². The van der Waals surface area contributed by atoms with E-state index in [1.165, 1.54) is 0 Å². The second-order valence-corrected chi connectivity index (χ2v) is 6.35. The zero-order valence-corrected chi connectivity index (χ0v) is 15.3. The molecule has 0 spiro atoms. The van der Waals surface area contributed by atoms with Crippen LogP contribution in [0.25, 0.3) is 10.9 Å². The van der Waals surface area contributed by atoms with Crippen molar-refractivity contribution in [2.75, 3.05) is 19.5 Å². The summed E-state index contributed by atoms with van der Waals surface area (Å²) in [5, 5.41) is 3.95. The van der Waals surface area contributed by atoms with Gasteiger partial charge in [-0.3, -0.25) is 4.79 Å². The number of carbonyl (C=O) groups is 1. The van der Waals surface area contributed by atoms with Crippen molar-refractivity contribution >= 4 is 50.0 Å². The van der Waals surface area contributed by atoms with Crippen molar-refractivity contribution in [3.05, 3.63) is 51.6 Å². The molecule has 0 aliphatic heterocycles. The van der Waals surface area contributed by atoms with E-state index in [4.69, 9.17) is 21.1 Å². The summed E-state index contributed by atoms with van der Waals surface area (Å²) in [6, 6.07) is 10.7. The lowest BCUT2D eigenvalue weighted by Gasteiger charge is -2.09. The number of hydrogen-bond acceptors (Lipinski definition) is 3. The van der Waals surface area contributed by atoms with Gasteiger partial charge in [-0.2, -0.15) is 0 Å². The average molecular weight is 410 g/mol. The average Bonchev–Trinajstić information content (AvgIpc) is 2.91. The van der Waals surface area contributed by atoms with E-state index in [2.05, 4.69) is 26.2 Å². The molecule has 1 heterocycles. The fraction of sp³-hybridized carbons (Fsp3) is 0.118. The maximum atomic E-state index is 12.6. The molecule has 0 radical (unpaired) electrons. The van der Waals surface area contributed by atoms with Gasteiger partial charge in [0, 0.05) is 39.3 Å². The molecule has 3 rings (SSSR count). The van der Waals surface area contributed by atoms with Crippen molar-refractivity contribution < 1.29 is 14.3 Å². The molecule has 3 aromatic rings. The van der Waals surface area contributed by atoms with Gasteiger partial charge in [0.1, 0.15) is 17.2 Å². The number of anilines is 1. The first-order valence-electron chi connectivity index (χ1n) is 7.03. The molecule has 1 amide bonds. The van der Waals surface area contributed by atoms with Crippen LogP contribution in [-0.4, -0.2) is 25.1 Å². The standard InChI is InChI=1S/C17H14BrClN2O3/c1-23-11-6-10(7-12(8-11)24-2)20-17(22)16-15(19)13-5-9(18)3-4-14(13)21-16/h3-8,21H,1-2H3,(H,20,22). The molecular weight excluding hydrogens is 396 g/mol. The first kappa shape index (κ1) is 16.7. The minimum absolute atomic E-state index is 0.298. The number of H-pyrrole nitrogens is 1. The third-order valence-electron chi connectivity index (χ3n) is 3.53. The van der Waals surface area contributed by atoms with E-state index in [1.54, 1.807) is 32.4 Å². The highest BCUT2D eigenvalue weighted by Crippen LogP contribution is 2.31. The zero-order valence-electron chi connectivity index (χ0n) is 12.9. The second kappa shape index (κ2) is 6.75. The van der Waals surface area contributed by atoms with Gasteiger partial charge in [-0.25, -0.2) is 0 Å². The quantitative estimate of drug-likeness (QED) is 0.647. The highest BCUT2D eigenvalue weighted by atomic mass is 79.9. The van der Waals surface area contributed by atoms with Crippen LogP contribution < -0.4 is 14.8 Å². The number of aromatic nitrogens is 1. The predicted octanol–water partition coefficient (Wildman–Crippen LogP) is 4.85. The molecule has 5 nitrogen and oxygen atoms in total. The monoisotopic (exact) mass is 408 g/mol. The van der Waals surface area contributed by atoms with E-state index in [1.807, 2.05) is 18.2 Å². The Balaban J connectivity index is 1.94. The first-order valence-corrected chi connectivity index (χ1v) is 8.20. The lowest BCUT2D eigenvalue weighted by atomic mass is 10.2. The van der Waals surface area contributed by atoms with E-state index >= 15 is 0 Å². The Bertz CT molecular complexity index is 901. The number of amides is 1. The summed E-state index contributed by atoms with van der Waals surface area (Å²) in [6.45, 7) is 0. The Morgan fingerprint density at radius 3 is 2.42 bits per heavy atom. The minimum atomic E-state index is -0.345. The largest absolute Gasteiger partial charge is 0.497 e. The number of fused-ring (bicyclic) bond motifs is 1. The van der Waals surface area contributed by atoms with Crippen molar-refractivity contribution in [2.45, 2.75) is 0 Å². The minimum Gasteiger partial charge on any atom is -0.497 e. The van der Waals surface area contributed by atoms with Gasteiger partial charge in [0.25, 0.3) is 5.91 Å². The summed E-state index contributed by atoms with van der Waals surface area (Å²) >= 11 is 9.74. The van der Waals surface area contributed by atoms with Crippen LogP contribution in [0.15, 0.2) is 40.9 Å². The van der Waals surface area contributed by atoms with Gasteiger partial charge in [-0.05, 0) is 18.2 Å². The Kier molecular flexibility index (Phi) is 4.69. The third kappa shape index (κ3) is 3.20. The fourth-order valence-corrected chi connectivity index (χ4v) is 3.01. The van der Waals surface area contributed by atoms with Gasteiger partial charge in [0.15, 0.2) is 0 Å². The van der Waals surface area contributed by atoms with E-state index in [0.29, 0.717) is 27.9 Å². The highest BCUT2D eigenvalue weighted by Gasteiger charge is 2.17. The molecule has 0 atom stereocenters. The normalized spacial score (nSPS) is 10.7. The highest BCUT2D eigenvalue weighted by molar-refractivity contribution is 9.10. The number of carbonyl (C=O) groups excluding carboxylic acids is 1. The van der Waals surface area contributed by atoms with E-state index in [-0.39, 0.29) is 5.91 Å². The van der Waals surface area contributed by atoms with Crippen LogP contribution in [0.4, 0.5) is 5.69 Å². The first-order chi connectivity index (χ1) is 11.5. The number of benzene rings is 2. The van der Waals surface area contributed by atoms with Gasteiger partial charge in [0.05, 0.1) is 19.2 Å². The number of methoxy groups -OCH3 is 2. The molecule has 0 saturated heterocycles. The number of nitrogens with one attached hydrogen (secondary N) is 2. The summed E-state index contributed by atoms with van der Waals surface area (Å²) in [4.78, 5) is 15.6.